The minimum atomic E-state index is -0.261. The molecular weight excluding hydrogens is 405 g/mol. The Hall–Kier alpha value is -1.04. The average molecular weight is 413 g/mol. The fraction of sp³-hybridized carbons (Fsp3) is 0. The van der Waals surface area contributed by atoms with Crippen LogP contribution >= 0.6 is 43.2 Å². The van der Waals surface area contributed by atoms with Crippen LogP contribution in [0.5, 0.6) is 0 Å². The van der Waals surface area contributed by atoms with E-state index in [1.54, 1.807) is 17.4 Å². The molecule has 0 radical (unpaired) electrons. The molecule has 0 unspecified atom stereocenters. The molecule has 0 atom stereocenters. The normalized spacial score (nSPS) is 10.8. The topological polar surface area (TPSA) is 12.9 Å². The van der Waals surface area contributed by atoms with Crippen molar-refractivity contribution in [3.63, 3.8) is 0 Å². The summed E-state index contributed by atoms with van der Waals surface area (Å²) in [5, 5.41) is 2.87. The van der Waals surface area contributed by atoms with Crippen molar-refractivity contribution < 1.29 is 4.39 Å². The maximum absolute atomic E-state index is 13.1. The van der Waals surface area contributed by atoms with Crippen LogP contribution in [0.2, 0.25) is 0 Å². The maximum atomic E-state index is 13.1. The summed E-state index contributed by atoms with van der Waals surface area (Å²) < 4.78 is 14.9. The Labute approximate surface area is 136 Å². The molecule has 3 aromatic rings. The van der Waals surface area contributed by atoms with E-state index in [1.807, 2.05) is 29.6 Å². The summed E-state index contributed by atoms with van der Waals surface area (Å²) in [6, 6.07) is 12.6. The molecule has 2 aromatic carbocycles. The second kappa shape index (κ2) is 5.76. The number of halogens is 3. The minimum Gasteiger partial charge on any atom is -0.236 e. The number of benzene rings is 2. The lowest BCUT2D eigenvalue weighted by molar-refractivity contribution is 0.627. The Kier molecular flexibility index (Phi) is 4.01. The minimum absolute atomic E-state index is 0.261. The monoisotopic (exact) mass is 411 g/mol. The molecule has 20 heavy (non-hydrogen) atoms. The molecule has 3 rings (SSSR count). The van der Waals surface area contributed by atoms with E-state index in [9.17, 15) is 4.39 Å². The Bertz CT molecular complexity index is 770. The van der Waals surface area contributed by atoms with Crippen molar-refractivity contribution >= 4 is 43.2 Å². The van der Waals surface area contributed by atoms with Crippen molar-refractivity contribution in [2.75, 3.05) is 0 Å². The Morgan fingerprint density at radius 1 is 0.950 bits per heavy atom. The van der Waals surface area contributed by atoms with E-state index in [0.29, 0.717) is 4.47 Å². The standard InChI is InChI=1S/C15H8Br2FNS/c16-12-4-2-1-3-10(12)14-8-20-15(19-14)11-6-5-9(18)7-13(11)17/h1-8H. The van der Waals surface area contributed by atoms with Gasteiger partial charge in [-0.1, -0.05) is 34.1 Å². The van der Waals surface area contributed by atoms with Gasteiger partial charge in [-0.2, -0.15) is 0 Å². The largest absolute Gasteiger partial charge is 0.236 e. The van der Waals surface area contributed by atoms with Gasteiger partial charge in [-0.15, -0.1) is 11.3 Å². The van der Waals surface area contributed by atoms with Crippen molar-refractivity contribution in [3.05, 3.63) is 62.6 Å². The fourth-order valence-corrected chi connectivity index (χ4v) is 3.87. The molecule has 0 saturated heterocycles. The van der Waals surface area contributed by atoms with Crippen LogP contribution in [0.3, 0.4) is 0 Å². The number of thiazole rings is 1. The first-order chi connectivity index (χ1) is 9.65. The van der Waals surface area contributed by atoms with Gasteiger partial charge in [0.15, 0.2) is 0 Å². The van der Waals surface area contributed by atoms with E-state index in [2.05, 4.69) is 36.8 Å². The molecule has 0 bridgehead atoms. The molecule has 0 spiro atoms. The predicted octanol–water partition coefficient (Wildman–Crippen LogP) is 6.14. The lowest BCUT2D eigenvalue weighted by Crippen LogP contribution is -1.83. The second-order valence-electron chi connectivity index (χ2n) is 4.14. The molecule has 0 fully saturated rings. The highest BCUT2D eigenvalue weighted by Gasteiger charge is 2.11. The van der Waals surface area contributed by atoms with Crippen LogP contribution in [0.1, 0.15) is 0 Å². The van der Waals surface area contributed by atoms with Crippen molar-refractivity contribution in [2.24, 2.45) is 0 Å². The van der Waals surface area contributed by atoms with E-state index < -0.39 is 0 Å². The van der Waals surface area contributed by atoms with Gasteiger partial charge >= 0.3 is 0 Å². The number of nitrogens with zero attached hydrogens (tertiary/aromatic N) is 1. The zero-order valence-corrected chi connectivity index (χ0v) is 14.1. The number of hydrogen-bond acceptors (Lipinski definition) is 2. The van der Waals surface area contributed by atoms with Crippen LogP contribution in [0.25, 0.3) is 21.8 Å². The zero-order chi connectivity index (χ0) is 14.1. The van der Waals surface area contributed by atoms with Crippen molar-refractivity contribution in [2.45, 2.75) is 0 Å². The van der Waals surface area contributed by atoms with Crippen LogP contribution in [0, 0.1) is 5.82 Å². The first kappa shape index (κ1) is 13.9. The van der Waals surface area contributed by atoms with Crippen LogP contribution in [0.15, 0.2) is 56.8 Å². The highest BCUT2D eigenvalue weighted by atomic mass is 79.9. The van der Waals surface area contributed by atoms with Gasteiger partial charge in [-0.25, -0.2) is 9.37 Å². The zero-order valence-electron chi connectivity index (χ0n) is 10.1. The molecule has 0 N–H and O–H groups in total. The third kappa shape index (κ3) is 2.71. The van der Waals surface area contributed by atoms with Gasteiger partial charge in [0.1, 0.15) is 10.8 Å². The number of hydrogen-bond donors (Lipinski definition) is 0. The van der Waals surface area contributed by atoms with Gasteiger partial charge in [-0.05, 0) is 40.2 Å². The SMILES string of the molecule is Fc1ccc(-c2nc(-c3ccccc3Br)cs2)c(Br)c1. The van der Waals surface area contributed by atoms with Crippen LogP contribution in [0.4, 0.5) is 4.39 Å². The van der Waals surface area contributed by atoms with Gasteiger partial charge in [0, 0.05) is 25.5 Å². The summed E-state index contributed by atoms with van der Waals surface area (Å²) in [4.78, 5) is 4.64. The van der Waals surface area contributed by atoms with E-state index in [1.165, 1.54) is 12.1 Å². The summed E-state index contributed by atoms with van der Waals surface area (Å²) in [7, 11) is 0. The summed E-state index contributed by atoms with van der Waals surface area (Å²) in [5.41, 5.74) is 2.86. The summed E-state index contributed by atoms with van der Waals surface area (Å²) in [6.07, 6.45) is 0. The van der Waals surface area contributed by atoms with Crippen LogP contribution in [-0.2, 0) is 0 Å². The van der Waals surface area contributed by atoms with Gasteiger partial charge < -0.3 is 0 Å². The number of aromatic nitrogens is 1. The maximum Gasteiger partial charge on any atom is 0.125 e. The molecule has 0 aliphatic rings. The fourth-order valence-electron chi connectivity index (χ4n) is 1.85. The van der Waals surface area contributed by atoms with Crippen molar-refractivity contribution in [1.29, 1.82) is 0 Å². The van der Waals surface area contributed by atoms with Gasteiger partial charge in [0.2, 0.25) is 0 Å². The molecule has 1 aromatic heterocycles. The first-order valence-corrected chi connectivity index (χ1v) is 8.27. The van der Waals surface area contributed by atoms with Crippen LogP contribution in [-0.4, -0.2) is 4.98 Å². The Morgan fingerprint density at radius 2 is 1.75 bits per heavy atom. The van der Waals surface area contributed by atoms with Gasteiger partial charge in [-0.3, -0.25) is 0 Å². The molecule has 100 valence electrons. The van der Waals surface area contributed by atoms with Crippen molar-refractivity contribution in [1.82, 2.24) is 4.98 Å². The Balaban J connectivity index is 2.04. The molecular formula is C15H8Br2FNS. The molecule has 1 nitrogen and oxygen atoms in total. The Morgan fingerprint density at radius 3 is 2.50 bits per heavy atom. The average Bonchev–Trinajstić information content (AvgIpc) is 2.88. The van der Waals surface area contributed by atoms with E-state index in [0.717, 1.165) is 26.3 Å². The van der Waals surface area contributed by atoms with E-state index in [-0.39, 0.29) is 5.82 Å². The van der Waals surface area contributed by atoms with Gasteiger partial charge in [0.25, 0.3) is 0 Å². The van der Waals surface area contributed by atoms with Gasteiger partial charge in [0.05, 0.1) is 5.69 Å². The molecule has 0 saturated carbocycles. The summed E-state index contributed by atoms with van der Waals surface area (Å²) in [6.45, 7) is 0. The first-order valence-electron chi connectivity index (χ1n) is 5.81. The van der Waals surface area contributed by atoms with Crippen LogP contribution < -0.4 is 0 Å². The molecule has 0 aliphatic carbocycles. The quantitative estimate of drug-likeness (QED) is 0.492. The predicted molar refractivity (Wildman–Crippen MR) is 88.3 cm³/mol. The molecule has 0 aliphatic heterocycles. The third-order valence-electron chi connectivity index (χ3n) is 2.82. The number of rotatable bonds is 2. The third-order valence-corrected chi connectivity index (χ3v) is 5.04. The highest BCUT2D eigenvalue weighted by Crippen LogP contribution is 2.35. The molecule has 0 amide bonds. The smallest absolute Gasteiger partial charge is 0.125 e. The summed E-state index contributed by atoms with van der Waals surface area (Å²) in [5.74, 6) is -0.261. The molecule has 5 heteroatoms. The lowest BCUT2D eigenvalue weighted by atomic mass is 10.2. The lowest BCUT2D eigenvalue weighted by Gasteiger charge is -2.01. The summed E-state index contributed by atoms with van der Waals surface area (Å²) >= 11 is 8.45. The van der Waals surface area contributed by atoms with E-state index in [4.69, 9.17) is 0 Å². The van der Waals surface area contributed by atoms with E-state index >= 15 is 0 Å². The molecule has 1 heterocycles. The van der Waals surface area contributed by atoms with Crippen molar-refractivity contribution in [3.8, 4) is 21.8 Å². The highest BCUT2D eigenvalue weighted by molar-refractivity contribution is 9.11. The second-order valence-corrected chi connectivity index (χ2v) is 6.71.